The van der Waals surface area contributed by atoms with E-state index in [0.29, 0.717) is 0 Å². The Labute approximate surface area is 116 Å². The summed E-state index contributed by atoms with van der Waals surface area (Å²) in [6.45, 7) is 10.4. The molecule has 0 unspecified atom stereocenters. The number of unbranched alkanes of at least 4 members (excludes halogenated alkanes) is 1. The topological polar surface area (TPSA) is 17.8 Å². The van der Waals surface area contributed by atoms with E-state index in [4.69, 9.17) is 0 Å². The number of aromatic nitrogens is 2. The van der Waals surface area contributed by atoms with E-state index in [-0.39, 0.29) is 0 Å². The lowest BCUT2D eigenvalue weighted by molar-refractivity contribution is 0.785. The van der Waals surface area contributed by atoms with Gasteiger partial charge >= 0.3 is 0 Å². The first-order chi connectivity index (χ1) is 9.17. The SMILES string of the molecule is [CH2]Cc1ccc(-n2nc(C)c(CCCC)c2C)cc1. The van der Waals surface area contributed by atoms with Gasteiger partial charge in [0.2, 0.25) is 0 Å². The quantitative estimate of drug-likeness (QED) is 0.782. The van der Waals surface area contributed by atoms with Crippen molar-refractivity contribution in [1.82, 2.24) is 9.78 Å². The van der Waals surface area contributed by atoms with Gasteiger partial charge in [0.1, 0.15) is 0 Å². The minimum atomic E-state index is 0.832. The molecular weight excluding hydrogens is 232 g/mol. The smallest absolute Gasteiger partial charge is 0.0649 e. The second-order valence-corrected chi connectivity index (χ2v) is 5.08. The first-order valence-electron chi connectivity index (χ1n) is 7.11. The maximum atomic E-state index is 4.69. The average Bonchev–Trinajstić information content (AvgIpc) is 2.72. The zero-order valence-corrected chi connectivity index (χ0v) is 12.2. The summed E-state index contributed by atoms with van der Waals surface area (Å²) in [7, 11) is 0. The first kappa shape index (κ1) is 13.9. The van der Waals surface area contributed by atoms with Gasteiger partial charge < -0.3 is 0 Å². The van der Waals surface area contributed by atoms with Crippen LogP contribution in [-0.4, -0.2) is 9.78 Å². The van der Waals surface area contributed by atoms with Gasteiger partial charge in [-0.05, 0) is 63.3 Å². The van der Waals surface area contributed by atoms with Gasteiger partial charge in [-0.3, -0.25) is 0 Å². The summed E-state index contributed by atoms with van der Waals surface area (Å²) < 4.78 is 2.06. The Morgan fingerprint density at radius 1 is 1.16 bits per heavy atom. The molecule has 0 bridgehead atoms. The van der Waals surface area contributed by atoms with Crippen LogP contribution < -0.4 is 0 Å². The molecule has 0 N–H and O–H groups in total. The maximum Gasteiger partial charge on any atom is 0.0649 e. The Morgan fingerprint density at radius 3 is 2.42 bits per heavy atom. The molecule has 0 aliphatic heterocycles. The van der Waals surface area contributed by atoms with E-state index < -0.39 is 0 Å². The van der Waals surface area contributed by atoms with E-state index in [1.807, 2.05) is 0 Å². The van der Waals surface area contributed by atoms with Crippen LogP contribution in [0.5, 0.6) is 0 Å². The van der Waals surface area contributed by atoms with Crippen LogP contribution in [0.15, 0.2) is 24.3 Å². The molecule has 0 saturated heterocycles. The zero-order valence-electron chi connectivity index (χ0n) is 12.2. The van der Waals surface area contributed by atoms with Gasteiger partial charge in [0.15, 0.2) is 0 Å². The van der Waals surface area contributed by atoms with E-state index in [1.165, 1.54) is 29.7 Å². The second-order valence-electron chi connectivity index (χ2n) is 5.08. The number of aryl methyl sites for hydroxylation is 1. The minimum absolute atomic E-state index is 0.832. The molecule has 2 aromatic rings. The molecule has 2 heteroatoms. The third-order valence-electron chi connectivity index (χ3n) is 3.69. The summed E-state index contributed by atoms with van der Waals surface area (Å²) in [6.07, 6.45) is 4.42. The van der Waals surface area contributed by atoms with Crippen LogP contribution in [0.25, 0.3) is 5.69 Å². The van der Waals surface area contributed by atoms with E-state index in [1.54, 1.807) is 0 Å². The normalized spacial score (nSPS) is 10.9. The molecule has 0 spiro atoms. The van der Waals surface area contributed by atoms with Crippen LogP contribution in [0.4, 0.5) is 0 Å². The predicted octanol–water partition coefficient (Wildman–Crippen LogP) is 4.21. The van der Waals surface area contributed by atoms with Gasteiger partial charge in [-0.15, -0.1) is 0 Å². The third kappa shape index (κ3) is 2.89. The average molecular weight is 255 g/mol. The highest BCUT2D eigenvalue weighted by atomic mass is 15.3. The Bertz CT molecular complexity index is 535. The van der Waals surface area contributed by atoms with Crippen LogP contribution in [0.1, 0.15) is 42.3 Å². The van der Waals surface area contributed by atoms with Crippen molar-refractivity contribution in [3.05, 3.63) is 53.7 Å². The molecule has 2 rings (SSSR count). The molecule has 0 fully saturated rings. The fourth-order valence-corrected chi connectivity index (χ4v) is 2.45. The molecule has 1 aromatic carbocycles. The highest BCUT2D eigenvalue weighted by Crippen LogP contribution is 2.20. The second kappa shape index (κ2) is 6.05. The number of nitrogens with zero attached hydrogens (tertiary/aromatic N) is 2. The Balaban J connectivity index is 2.33. The van der Waals surface area contributed by atoms with Crippen molar-refractivity contribution in [2.75, 3.05) is 0 Å². The van der Waals surface area contributed by atoms with Crippen molar-refractivity contribution in [2.24, 2.45) is 0 Å². The van der Waals surface area contributed by atoms with Crippen LogP contribution in [-0.2, 0) is 12.8 Å². The van der Waals surface area contributed by atoms with Crippen LogP contribution in [0.2, 0.25) is 0 Å². The monoisotopic (exact) mass is 255 g/mol. The number of benzene rings is 1. The molecule has 0 aliphatic rings. The highest BCUT2D eigenvalue weighted by Gasteiger charge is 2.11. The van der Waals surface area contributed by atoms with Gasteiger partial charge in [-0.1, -0.05) is 25.5 Å². The van der Waals surface area contributed by atoms with Crippen LogP contribution >= 0.6 is 0 Å². The predicted molar refractivity (Wildman–Crippen MR) is 80.7 cm³/mol. The zero-order chi connectivity index (χ0) is 13.8. The fraction of sp³-hybridized carbons (Fsp3) is 0.412. The van der Waals surface area contributed by atoms with Gasteiger partial charge in [-0.2, -0.15) is 5.10 Å². The maximum absolute atomic E-state index is 4.69. The number of rotatable bonds is 5. The lowest BCUT2D eigenvalue weighted by Crippen LogP contribution is -1.99. The Morgan fingerprint density at radius 2 is 1.84 bits per heavy atom. The minimum Gasteiger partial charge on any atom is -0.238 e. The standard InChI is InChI=1S/C17H23N2/c1-5-7-8-17-13(3)18-19(14(17)4)16-11-9-15(6-2)10-12-16/h9-12H,2,5-8H2,1,3-4H3. The largest absolute Gasteiger partial charge is 0.238 e. The molecule has 0 amide bonds. The molecule has 19 heavy (non-hydrogen) atoms. The van der Waals surface area contributed by atoms with Crippen molar-refractivity contribution in [3.63, 3.8) is 0 Å². The van der Waals surface area contributed by atoms with E-state index in [2.05, 4.69) is 61.7 Å². The molecule has 1 heterocycles. The summed E-state index contributed by atoms with van der Waals surface area (Å²) in [5.74, 6) is 0. The highest BCUT2D eigenvalue weighted by molar-refractivity contribution is 5.39. The van der Waals surface area contributed by atoms with Crippen LogP contribution in [0.3, 0.4) is 0 Å². The van der Waals surface area contributed by atoms with E-state index >= 15 is 0 Å². The molecule has 0 aliphatic carbocycles. The van der Waals surface area contributed by atoms with Gasteiger partial charge in [0, 0.05) is 5.69 Å². The fourth-order valence-electron chi connectivity index (χ4n) is 2.45. The Hall–Kier alpha value is -1.57. The lowest BCUT2D eigenvalue weighted by Gasteiger charge is -2.06. The summed E-state index contributed by atoms with van der Waals surface area (Å²) in [4.78, 5) is 0. The number of hydrogen-bond acceptors (Lipinski definition) is 1. The number of hydrogen-bond donors (Lipinski definition) is 0. The van der Waals surface area contributed by atoms with Crippen molar-refractivity contribution < 1.29 is 0 Å². The molecular formula is C17H23N2. The summed E-state index contributed by atoms with van der Waals surface area (Å²) in [6, 6.07) is 8.52. The molecule has 101 valence electrons. The molecule has 1 radical (unpaired) electrons. The van der Waals surface area contributed by atoms with Gasteiger partial charge in [0.25, 0.3) is 0 Å². The van der Waals surface area contributed by atoms with Crippen LogP contribution in [0, 0.1) is 20.8 Å². The van der Waals surface area contributed by atoms with Gasteiger partial charge in [0.05, 0.1) is 11.4 Å². The molecule has 0 atom stereocenters. The van der Waals surface area contributed by atoms with E-state index in [0.717, 1.165) is 24.2 Å². The summed E-state index contributed by atoms with van der Waals surface area (Å²) >= 11 is 0. The summed E-state index contributed by atoms with van der Waals surface area (Å²) in [5.41, 5.74) is 6.24. The summed E-state index contributed by atoms with van der Waals surface area (Å²) in [5, 5.41) is 4.69. The van der Waals surface area contributed by atoms with Crippen molar-refractivity contribution >= 4 is 0 Å². The molecule has 2 nitrogen and oxygen atoms in total. The van der Waals surface area contributed by atoms with Gasteiger partial charge in [-0.25, -0.2) is 4.68 Å². The van der Waals surface area contributed by atoms with Crippen molar-refractivity contribution in [3.8, 4) is 5.69 Å². The van der Waals surface area contributed by atoms with E-state index in [9.17, 15) is 0 Å². The first-order valence-corrected chi connectivity index (χ1v) is 7.11. The molecule has 1 aromatic heterocycles. The Kier molecular flexibility index (Phi) is 4.41. The third-order valence-corrected chi connectivity index (χ3v) is 3.69. The lowest BCUT2D eigenvalue weighted by atomic mass is 10.1. The van der Waals surface area contributed by atoms with Crippen molar-refractivity contribution in [1.29, 1.82) is 0 Å². The molecule has 0 saturated carbocycles. The van der Waals surface area contributed by atoms with Crippen molar-refractivity contribution in [2.45, 2.75) is 46.5 Å².